The number of carbonyl (C=O) groups is 1. The van der Waals surface area contributed by atoms with Gasteiger partial charge in [-0.15, -0.1) is 0 Å². The third-order valence-corrected chi connectivity index (χ3v) is 2.30. The van der Waals surface area contributed by atoms with Crippen molar-refractivity contribution < 1.29 is 4.79 Å². The Morgan fingerprint density at radius 3 is 2.64 bits per heavy atom. The van der Waals surface area contributed by atoms with E-state index in [2.05, 4.69) is 21.2 Å². The van der Waals surface area contributed by atoms with Crippen molar-refractivity contribution in [1.29, 1.82) is 0 Å². The van der Waals surface area contributed by atoms with E-state index < -0.39 is 0 Å². The number of nitrogens with one attached hydrogen (secondary N) is 1. The van der Waals surface area contributed by atoms with Crippen molar-refractivity contribution in [2.24, 2.45) is 0 Å². The van der Waals surface area contributed by atoms with Crippen molar-refractivity contribution in [3.05, 3.63) is 35.9 Å². The van der Waals surface area contributed by atoms with Crippen molar-refractivity contribution in [1.82, 2.24) is 5.32 Å². The van der Waals surface area contributed by atoms with Gasteiger partial charge in [0.1, 0.15) is 0 Å². The molecule has 0 atom stereocenters. The van der Waals surface area contributed by atoms with Crippen molar-refractivity contribution >= 4 is 21.8 Å². The van der Waals surface area contributed by atoms with Crippen LogP contribution in [0.5, 0.6) is 0 Å². The summed E-state index contributed by atoms with van der Waals surface area (Å²) in [7, 11) is 0. The van der Waals surface area contributed by atoms with Crippen LogP contribution in [0.4, 0.5) is 0 Å². The molecule has 0 saturated heterocycles. The molecular weight excluding hydrogens is 242 g/mol. The summed E-state index contributed by atoms with van der Waals surface area (Å²) in [6, 6.07) is 10.0. The summed E-state index contributed by atoms with van der Waals surface area (Å²) < 4.78 is 0. The number of carbonyl (C=O) groups excluding carboxylic acids is 1. The summed E-state index contributed by atoms with van der Waals surface area (Å²) in [5.74, 6) is 0.119. The number of hydrogen-bond acceptors (Lipinski definition) is 1. The largest absolute Gasteiger partial charge is 0.355 e. The summed E-state index contributed by atoms with van der Waals surface area (Å²) in [6.07, 6.45) is 1.38. The minimum Gasteiger partial charge on any atom is -0.355 e. The zero-order chi connectivity index (χ0) is 10.2. The fourth-order valence-corrected chi connectivity index (χ4v) is 1.38. The molecule has 2 nitrogen and oxygen atoms in total. The van der Waals surface area contributed by atoms with Gasteiger partial charge >= 0.3 is 0 Å². The van der Waals surface area contributed by atoms with Crippen LogP contribution in [0, 0.1) is 0 Å². The lowest BCUT2D eigenvalue weighted by atomic mass is 10.1. The van der Waals surface area contributed by atoms with Crippen LogP contribution < -0.4 is 5.32 Å². The second-order valence-corrected chi connectivity index (χ2v) is 3.82. The van der Waals surface area contributed by atoms with E-state index in [1.54, 1.807) is 0 Å². The van der Waals surface area contributed by atoms with Gasteiger partial charge in [-0.2, -0.15) is 0 Å². The summed E-state index contributed by atoms with van der Waals surface area (Å²) >= 11 is 3.26. The second-order valence-electron chi connectivity index (χ2n) is 3.02. The van der Waals surface area contributed by atoms with E-state index in [0.29, 0.717) is 13.0 Å². The Kier molecular flexibility index (Phi) is 5.30. The number of benzene rings is 1. The van der Waals surface area contributed by atoms with Crippen molar-refractivity contribution in [3.8, 4) is 0 Å². The normalized spacial score (nSPS) is 9.79. The molecule has 0 radical (unpaired) electrons. The molecule has 0 aliphatic rings. The van der Waals surface area contributed by atoms with E-state index in [9.17, 15) is 4.79 Å². The molecule has 0 fully saturated rings. The minimum absolute atomic E-state index is 0.119. The van der Waals surface area contributed by atoms with Crippen LogP contribution in [0.25, 0.3) is 0 Å². The smallest absolute Gasteiger partial charge is 0.220 e. The molecule has 1 N–H and O–H groups in total. The van der Waals surface area contributed by atoms with Crippen LogP contribution in [0.15, 0.2) is 30.3 Å². The van der Waals surface area contributed by atoms with Gasteiger partial charge in [0, 0.05) is 18.3 Å². The van der Waals surface area contributed by atoms with Crippen LogP contribution in [0.3, 0.4) is 0 Å². The molecule has 0 aliphatic carbocycles. The number of amides is 1. The van der Waals surface area contributed by atoms with Gasteiger partial charge in [0.25, 0.3) is 0 Å². The monoisotopic (exact) mass is 255 g/mol. The number of alkyl halides is 1. The van der Waals surface area contributed by atoms with Gasteiger partial charge in [0.05, 0.1) is 0 Å². The first-order valence-electron chi connectivity index (χ1n) is 4.69. The Bertz CT molecular complexity index is 274. The SMILES string of the molecule is O=C(CCc1ccccc1)NCCBr. The maximum absolute atomic E-state index is 11.2. The highest BCUT2D eigenvalue weighted by atomic mass is 79.9. The first-order valence-corrected chi connectivity index (χ1v) is 5.81. The molecule has 0 unspecified atom stereocenters. The molecule has 1 rings (SSSR count). The van der Waals surface area contributed by atoms with Crippen molar-refractivity contribution in [2.45, 2.75) is 12.8 Å². The highest BCUT2D eigenvalue weighted by Crippen LogP contribution is 2.01. The zero-order valence-electron chi connectivity index (χ0n) is 8.00. The number of aryl methyl sites for hydroxylation is 1. The molecule has 1 amide bonds. The summed E-state index contributed by atoms with van der Waals surface area (Å²) in [5.41, 5.74) is 1.21. The number of halogens is 1. The Morgan fingerprint density at radius 1 is 1.29 bits per heavy atom. The van der Waals surface area contributed by atoms with E-state index in [4.69, 9.17) is 0 Å². The highest BCUT2D eigenvalue weighted by molar-refractivity contribution is 9.09. The molecule has 0 bridgehead atoms. The number of hydrogen-bond donors (Lipinski definition) is 1. The summed E-state index contributed by atoms with van der Waals surface area (Å²) in [4.78, 5) is 11.2. The molecule has 0 heterocycles. The Hall–Kier alpha value is -0.830. The molecule has 0 saturated carbocycles. The fraction of sp³-hybridized carbons (Fsp3) is 0.364. The molecule has 3 heteroatoms. The van der Waals surface area contributed by atoms with E-state index >= 15 is 0 Å². The van der Waals surface area contributed by atoms with Gasteiger partial charge in [0.2, 0.25) is 5.91 Å². The molecule has 1 aromatic rings. The third kappa shape index (κ3) is 4.42. The highest BCUT2D eigenvalue weighted by Gasteiger charge is 2.00. The Morgan fingerprint density at radius 2 is 2.00 bits per heavy atom. The van der Waals surface area contributed by atoms with Gasteiger partial charge in [-0.25, -0.2) is 0 Å². The molecule has 76 valence electrons. The van der Waals surface area contributed by atoms with Gasteiger partial charge in [-0.3, -0.25) is 4.79 Å². The summed E-state index contributed by atoms with van der Waals surface area (Å²) in [6.45, 7) is 0.702. The maximum Gasteiger partial charge on any atom is 0.220 e. The average Bonchev–Trinajstić information content (AvgIpc) is 2.25. The van der Waals surface area contributed by atoms with Gasteiger partial charge < -0.3 is 5.32 Å². The second kappa shape index (κ2) is 6.60. The lowest BCUT2D eigenvalue weighted by Gasteiger charge is -2.02. The average molecular weight is 256 g/mol. The zero-order valence-corrected chi connectivity index (χ0v) is 9.59. The summed E-state index contributed by atoms with van der Waals surface area (Å²) in [5, 5.41) is 3.63. The molecule has 0 aromatic heterocycles. The Labute approximate surface area is 92.8 Å². The molecule has 0 aliphatic heterocycles. The predicted octanol–water partition coefficient (Wildman–Crippen LogP) is 2.13. The van der Waals surface area contributed by atoms with Gasteiger partial charge in [0.15, 0.2) is 0 Å². The molecule has 14 heavy (non-hydrogen) atoms. The fourth-order valence-electron chi connectivity index (χ4n) is 1.18. The topological polar surface area (TPSA) is 29.1 Å². The third-order valence-electron chi connectivity index (χ3n) is 1.90. The maximum atomic E-state index is 11.2. The minimum atomic E-state index is 0.119. The van der Waals surface area contributed by atoms with Crippen molar-refractivity contribution in [2.75, 3.05) is 11.9 Å². The lowest BCUT2D eigenvalue weighted by Crippen LogP contribution is -2.25. The number of rotatable bonds is 5. The van der Waals surface area contributed by atoms with E-state index in [0.717, 1.165) is 11.8 Å². The molecular formula is C11H14BrNO. The van der Waals surface area contributed by atoms with Crippen LogP contribution >= 0.6 is 15.9 Å². The predicted molar refractivity (Wildman–Crippen MR) is 61.6 cm³/mol. The van der Waals surface area contributed by atoms with Crippen LogP contribution in [-0.2, 0) is 11.2 Å². The standard InChI is InChI=1S/C11H14BrNO/c12-8-9-13-11(14)7-6-10-4-2-1-3-5-10/h1-5H,6-9H2,(H,13,14). The van der Waals surface area contributed by atoms with Crippen LogP contribution in [-0.4, -0.2) is 17.8 Å². The van der Waals surface area contributed by atoms with E-state index in [1.165, 1.54) is 5.56 Å². The van der Waals surface area contributed by atoms with E-state index in [1.807, 2.05) is 30.3 Å². The quantitative estimate of drug-likeness (QED) is 0.803. The van der Waals surface area contributed by atoms with E-state index in [-0.39, 0.29) is 5.91 Å². The lowest BCUT2D eigenvalue weighted by molar-refractivity contribution is -0.120. The first-order chi connectivity index (χ1) is 6.83. The first kappa shape index (κ1) is 11.2. The Balaban J connectivity index is 2.24. The molecule has 0 spiro atoms. The van der Waals surface area contributed by atoms with Gasteiger partial charge in [-0.1, -0.05) is 46.3 Å². The van der Waals surface area contributed by atoms with Crippen molar-refractivity contribution in [3.63, 3.8) is 0 Å². The van der Waals surface area contributed by atoms with Crippen LogP contribution in [0.1, 0.15) is 12.0 Å². The van der Waals surface area contributed by atoms with Gasteiger partial charge in [-0.05, 0) is 12.0 Å². The van der Waals surface area contributed by atoms with Crippen LogP contribution in [0.2, 0.25) is 0 Å². The molecule has 1 aromatic carbocycles.